The van der Waals surface area contributed by atoms with Gasteiger partial charge in [0.25, 0.3) is 5.91 Å². The number of halogens is 1. The smallest absolute Gasteiger partial charge is 0.255 e. The predicted octanol–water partition coefficient (Wildman–Crippen LogP) is 3.09. The Labute approximate surface area is 116 Å². The number of rotatable bonds is 2. The van der Waals surface area contributed by atoms with E-state index in [1.54, 1.807) is 12.4 Å². The van der Waals surface area contributed by atoms with Gasteiger partial charge in [0.2, 0.25) is 0 Å². The molecule has 1 fully saturated rings. The fourth-order valence-corrected chi connectivity index (χ4v) is 3.01. The van der Waals surface area contributed by atoms with Crippen molar-refractivity contribution in [3.63, 3.8) is 0 Å². The van der Waals surface area contributed by atoms with Gasteiger partial charge in [0.05, 0.1) is 5.56 Å². The quantitative estimate of drug-likeness (QED) is 0.773. The third-order valence-corrected chi connectivity index (χ3v) is 4.03. The van der Waals surface area contributed by atoms with Crippen LogP contribution < -0.4 is 0 Å². The molecule has 92 valence electrons. The zero-order valence-corrected chi connectivity index (χ0v) is 12.3. The lowest BCUT2D eigenvalue weighted by Gasteiger charge is -2.28. The first kappa shape index (κ1) is 12.8. The van der Waals surface area contributed by atoms with E-state index in [1.165, 1.54) is 0 Å². The molecule has 0 spiro atoms. The molecule has 2 rings (SSSR count). The van der Waals surface area contributed by atoms with Gasteiger partial charge in [-0.2, -0.15) is 0 Å². The van der Waals surface area contributed by atoms with Crippen LogP contribution in [0.3, 0.4) is 0 Å². The largest absolute Gasteiger partial charge is 0.333 e. The molecule has 4 heteroatoms. The topological polar surface area (TPSA) is 33.2 Å². The second-order valence-corrected chi connectivity index (χ2v) is 5.84. The van der Waals surface area contributed by atoms with Crippen LogP contribution in [-0.4, -0.2) is 27.9 Å². The van der Waals surface area contributed by atoms with Crippen molar-refractivity contribution in [2.45, 2.75) is 45.2 Å². The molecule has 3 nitrogen and oxygen atoms in total. The molecule has 1 amide bonds. The predicted molar refractivity (Wildman–Crippen MR) is 75.9 cm³/mol. The highest BCUT2D eigenvalue weighted by molar-refractivity contribution is 14.1. The van der Waals surface area contributed by atoms with Crippen LogP contribution in [-0.2, 0) is 0 Å². The molecule has 0 radical (unpaired) electrons. The average molecular weight is 344 g/mol. The SMILES string of the molecule is CC[C@H]1CC[C@@H](C)N1C(=O)c1cncc(I)c1. The molecule has 1 aromatic rings. The minimum absolute atomic E-state index is 0.132. The summed E-state index contributed by atoms with van der Waals surface area (Å²) in [5, 5.41) is 0. The van der Waals surface area contributed by atoms with Crippen LogP contribution in [0.2, 0.25) is 0 Å². The van der Waals surface area contributed by atoms with Gasteiger partial charge >= 0.3 is 0 Å². The minimum Gasteiger partial charge on any atom is -0.333 e. The van der Waals surface area contributed by atoms with E-state index >= 15 is 0 Å². The van der Waals surface area contributed by atoms with Crippen molar-refractivity contribution in [2.75, 3.05) is 0 Å². The number of hydrogen-bond acceptors (Lipinski definition) is 2. The molecule has 0 unspecified atom stereocenters. The van der Waals surface area contributed by atoms with Crippen LogP contribution in [0.25, 0.3) is 0 Å². The van der Waals surface area contributed by atoms with E-state index in [0.717, 1.165) is 22.8 Å². The van der Waals surface area contributed by atoms with Crippen LogP contribution in [0.15, 0.2) is 18.5 Å². The Kier molecular flexibility index (Phi) is 4.01. The van der Waals surface area contributed by atoms with Gasteiger partial charge in [0.15, 0.2) is 0 Å². The fraction of sp³-hybridized carbons (Fsp3) is 0.538. The van der Waals surface area contributed by atoms with E-state index in [4.69, 9.17) is 0 Å². The molecule has 1 aliphatic rings. The van der Waals surface area contributed by atoms with Gasteiger partial charge in [-0.25, -0.2) is 0 Å². The summed E-state index contributed by atoms with van der Waals surface area (Å²) in [7, 11) is 0. The molecular formula is C13H17IN2O. The van der Waals surface area contributed by atoms with Crippen molar-refractivity contribution in [1.82, 2.24) is 9.88 Å². The maximum Gasteiger partial charge on any atom is 0.255 e. The van der Waals surface area contributed by atoms with Gasteiger partial charge in [0.1, 0.15) is 0 Å². The summed E-state index contributed by atoms with van der Waals surface area (Å²) in [6.45, 7) is 4.28. The number of likely N-dealkylation sites (tertiary alicyclic amines) is 1. The first-order chi connectivity index (χ1) is 8.13. The third-order valence-electron chi connectivity index (χ3n) is 3.44. The van der Waals surface area contributed by atoms with Crippen LogP contribution in [0.1, 0.15) is 43.5 Å². The first-order valence-corrected chi connectivity index (χ1v) is 7.14. The van der Waals surface area contributed by atoms with Gasteiger partial charge < -0.3 is 4.90 Å². The normalized spacial score (nSPS) is 24.1. The lowest BCUT2D eigenvalue weighted by Crippen LogP contribution is -2.39. The van der Waals surface area contributed by atoms with Crippen molar-refractivity contribution in [2.24, 2.45) is 0 Å². The monoisotopic (exact) mass is 344 g/mol. The van der Waals surface area contributed by atoms with Crippen LogP contribution in [0.5, 0.6) is 0 Å². The number of carbonyl (C=O) groups is 1. The maximum atomic E-state index is 12.5. The Morgan fingerprint density at radius 2 is 2.29 bits per heavy atom. The Morgan fingerprint density at radius 1 is 1.53 bits per heavy atom. The van der Waals surface area contributed by atoms with Gasteiger partial charge in [-0.3, -0.25) is 9.78 Å². The van der Waals surface area contributed by atoms with Crippen LogP contribution in [0, 0.1) is 3.57 Å². The number of pyridine rings is 1. The Balaban J connectivity index is 2.24. The molecular weight excluding hydrogens is 327 g/mol. The fourth-order valence-electron chi connectivity index (χ4n) is 2.52. The second-order valence-electron chi connectivity index (χ2n) is 4.59. The Morgan fingerprint density at radius 3 is 2.94 bits per heavy atom. The molecule has 0 aliphatic carbocycles. The van der Waals surface area contributed by atoms with E-state index < -0.39 is 0 Å². The molecule has 2 atom stereocenters. The van der Waals surface area contributed by atoms with E-state index in [0.29, 0.717) is 17.6 Å². The van der Waals surface area contributed by atoms with Gasteiger partial charge in [-0.05, 0) is 54.8 Å². The summed E-state index contributed by atoms with van der Waals surface area (Å²) in [4.78, 5) is 18.6. The zero-order chi connectivity index (χ0) is 12.4. The molecule has 17 heavy (non-hydrogen) atoms. The average Bonchev–Trinajstić information content (AvgIpc) is 2.69. The molecule has 1 aromatic heterocycles. The lowest BCUT2D eigenvalue weighted by atomic mass is 10.1. The highest BCUT2D eigenvalue weighted by atomic mass is 127. The highest BCUT2D eigenvalue weighted by Crippen LogP contribution is 2.27. The Hall–Kier alpha value is -0.650. The van der Waals surface area contributed by atoms with Crippen molar-refractivity contribution in [3.8, 4) is 0 Å². The molecule has 1 aliphatic heterocycles. The van der Waals surface area contributed by atoms with Crippen LogP contribution >= 0.6 is 22.6 Å². The van der Waals surface area contributed by atoms with Gasteiger partial charge in [-0.1, -0.05) is 6.92 Å². The summed E-state index contributed by atoms with van der Waals surface area (Å²) >= 11 is 2.19. The number of hydrogen-bond donors (Lipinski definition) is 0. The third kappa shape index (κ3) is 2.61. The van der Waals surface area contributed by atoms with Gasteiger partial charge in [0, 0.05) is 28.0 Å². The molecule has 0 N–H and O–H groups in total. The van der Waals surface area contributed by atoms with Crippen molar-refractivity contribution >= 4 is 28.5 Å². The van der Waals surface area contributed by atoms with E-state index in [1.807, 2.05) is 11.0 Å². The summed E-state index contributed by atoms with van der Waals surface area (Å²) in [5.74, 6) is 0.132. The molecule has 2 heterocycles. The van der Waals surface area contributed by atoms with Crippen molar-refractivity contribution in [1.29, 1.82) is 0 Å². The molecule has 0 bridgehead atoms. The van der Waals surface area contributed by atoms with E-state index in [-0.39, 0.29) is 5.91 Å². The minimum atomic E-state index is 0.132. The van der Waals surface area contributed by atoms with Crippen molar-refractivity contribution < 1.29 is 4.79 Å². The highest BCUT2D eigenvalue weighted by Gasteiger charge is 2.33. The Bertz CT molecular complexity index is 422. The molecule has 1 saturated heterocycles. The van der Waals surface area contributed by atoms with Gasteiger partial charge in [-0.15, -0.1) is 0 Å². The molecule has 0 aromatic carbocycles. The number of carbonyl (C=O) groups excluding carboxylic acids is 1. The summed E-state index contributed by atoms with van der Waals surface area (Å²) < 4.78 is 1.01. The number of nitrogens with zero attached hydrogens (tertiary/aromatic N) is 2. The summed E-state index contributed by atoms with van der Waals surface area (Å²) in [6, 6.07) is 2.66. The molecule has 0 saturated carbocycles. The van der Waals surface area contributed by atoms with Crippen LogP contribution in [0.4, 0.5) is 0 Å². The maximum absolute atomic E-state index is 12.5. The standard InChI is InChI=1S/C13H17IN2O/c1-3-12-5-4-9(2)16(12)13(17)10-6-11(14)8-15-7-10/h6-9,12H,3-5H2,1-2H3/t9-,12+/m1/s1. The lowest BCUT2D eigenvalue weighted by molar-refractivity contribution is 0.0676. The second kappa shape index (κ2) is 5.33. The van der Waals surface area contributed by atoms with E-state index in [9.17, 15) is 4.79 Å². The zero-order valence-electron chi connectivity index (χ0n) is 10.2. The number of aromatic nitrogens is 1. The van der Waals surface area contributed by atoms with Crippen molar-refractivity contribution in [3.05, 3.63) is 27.6 Å². The first-order valence-electron chi connectivity index (χ1n) is 6.06. The van der Waals surface area contributed by atoms with E-state index in [2.05, 4.69) is 41.4 Å². The number of amides is 1. The summed E-state index contributed by atoms with van der Waals surface area (Å²) in [6.07, 6.45) is 6.71. The summed E-state index contributed by atoms with van der Waals surface area (Å²) in [5.41, 5.74) is 0.712.